The molecule has 0 saturated carbocycles. The summed E-state index contributed by atoms with van der Waals surface area (Å²) in [5.41, 5.74) is 0. The Bertz CT molecular complexity index is 248. The van der Waals surface area contributed by atoms with Gasteiger partial charge in [0.25, 0.3) is 0 Å². The first-order valence-electron chi connectivity index (χ1n) is 5.21. The van der Waals surface area contributed by atoms with E-state index in [0.717, 1.165) is 25.7 Å². The van der Waals surface area contributed by atoms with Gasteiger partial charge in [0.05, 0.1) is 0 Å². The highest BCUT2D eigenvalue weighted by Crippen LogP contribution is 2.35. The summed E-state index contributed by atoms with van der Waals surface area (Å²) in [6.45, 7) is 0. The Labute approximate surface area is 82.9 Å². The average Bonchev–Trinajstić information content (AvgIpc) is 2.36. The van der Waals surface area contributed by atoms with E-state index in [1.54, 1.807) is 0 Å². The molecule has 2 atom stereocenters. The summed E-state index contributed by atoms with van der Waals surface area (Å²) < 4.78 is 0. The molecule has 2 heterocycles. The Morgan fingerprint density at radius 1 is 1.14 bits per heavy atom. The maximum absolute atomic E-state index is 11.6. The van der Waals surface area contributed by atoms with Crippen LogP contribution in [0.1, 0.15) is 38.5 Å². The molecule has 4 nitrogen and oxygen atoms in total. The number of carbonyl (C=O) groups excluding carboxylic acids is 1. The van der Waals surface area contributed by atoms with Gasteiger partial charge in [-0.05, 0) is 32.1 Å². The van der Waals surface area contributed by atoms with Gasteiger partial charge in [0.15, 0.2) is 0 Å². The zero-order valence-electron chi connectivity index (χ0n) is 8.11. The normalized spacial score (nSPS) is 30.4. The molecule has 2 saturated heterocycles. The monoisotopic (exact) mass is 197 g/mol. The zero-order valence-corrected chi connectivity index (χ0v) is 8.11. The molecular formula is C10H15NO3. The van der Waals surface area contributed by atoms with Crippen LogP contribution in [0.4, 0.5) is 0 Å². The molecule has 0 radical (unpaired) electrons. The summed E-state index contributed by atoms with van der Waals surface area (Å²) in [6.07, 6.45) is 5.09. The molecule has 0 aromatic rings. The van der Waals surface area contributed by atoms with Crippen LogP contribution < -0.4 is 0 Å². The molecule has 2 fully saturated rings. The van der Waals surface area contributed by atoms with E-state index >= 15 is 0 Å². The lowest BCUT2D eigenvalue weighted by Gasteiger charge is -2.34. The fourth-order valence-corrected chi connectivity index (χ4v) is 2.74. The fourth-order valence-electron chi connectivity index (χ4n) is 2.74. The lowest BCUT2D eigenvalue weighted by molar-refractivity contribution is -0.146. The number of fused-ring (bicyclic) bond motifs is 2. The predicted octanol–water partition coefficient (Wildman–Crippen LogP) is 1.00. The fraction of sp³-hybridized carbons (Fsp3) is 0.800. The maximum atomic E-state index is 11.6. The van der Waals surface area contributed by atoms with E-state index in [1.807, 2.05) is 4.90 Å². The number of amides is 1. The number of hydrogen-bond acceptors (Lipinski definition) is 2. The van der Waals surface area contributed by atoms with E-state index in [1.165, 1.54) is 6.42 Å². The predicted molar refractivity (Wildman–Crippen MR) is 49.8 cm³/mol. The molecule has 78 valence electrons. The first-order chi connectivity index (χ1) is 6.68. The summed E-state index contributed by atoms with van der Waals surface area (Å²) in [7, 11) is 0. The number of hydrogen-bond donors (Lipinski definition) is 1. The maximum Gasteiger partial charge on any atom is 0.312 e. The Kier molecular flexibility index (Phi) is 2.44. The Morgan fingerprint density at radius 3 is 2.21 bits per heavy atom. The third-order valence-corrected chi connectivity index (χ3v) is 3.29. The first-order valence-corrected chi connectivity index (χ1v) is 5.21. The van der Waals surface area contributed by atoms with Crippen LogP contribution in [0.5, 0.6) is 0 Å². The molecule has 0 aromatic heterocycles. The minimum absolute atomic E-state index is 0.190. The molecule has 14 heavy (non-hydrogen) atoms. The number of nitrogens with zero attached hydrogens (tertiary/aromatic N) is 1. The molecule has 4 heteroatoms. The topological polar surface area (TPSA) is 57.6 Å². The molecule has 1 amide bonds. The van der Waals surface area contributed by atoms with Crippen LogP contribution in [0.15, 0.2) is 0 Å². The lowest BCUT2D eigenvalue weighted by Crippen LogP contribution is -2.44. The van der Waals surface area contributed by atoms with Crippen molar-refractivity contribution >= 4 is 11.9 Å². The van der Waals surface area contributed by atoms with Gasteiger partial charge in [0.1, 0.15) is 6.42 Å². The number of carbonyl (C=O) groups is 2. The molecule has 0 aliphatic carbocycles. The largest absolute Gasteiger partial charge is 0.481 e. The highest BCUT2D eigenvalue weighted by molar-refractivity contribution is 5.93. The van der Waals surface area contributed by atoms with Crippen LogP contribution in [0, 0.1) is 0 Å². The summed E-state index contributed by atoms with van der Waals surface area (Å²) in [5.74, 6) is -1.20. The highest BCUT2D eigenvalue weighted by Gasteiger charge is 2.39. The van der Waals surface area contributed by atoms with Gasteiger partial charge < -0.3 is 10.0 Å². The number of aliphatic carboxylic acids is 1. The van der Waals surface area contributed by atoms with Crippen LogP contribution >= 0.6 is 0 Å². The minimum atomic E-state index is -1.01. The van der Waals surface area contributed by atoms with Gasteiger partial charge >= 0.3 is 5.97 Å². The van der Waals surface area contributed by atoms with E-state index in [4.69, 9.17) is 5.11 Å². The van der Waals surface area contributed by atoms with Crippen LogP contribution in [0.25, 0.3) is 0 Å². The van der Waals surface area contributed by atoms with Gasteiger partial charge in [-0.1, -0.05) is 0 Å². The summed E-state index contributed by atoms with van der Waals surface area (Å²) in [6, 6.07) is 0.668. The van der Waals surface area contributed by atoms with Crippen molar-refractivity contribution in [2.24, 2.45) is 0 Å². The summed E-state index contributed by atoms with van der Waals surface area (Å²) >= 11 is 0. The molecule has 2 bridgehead atoms. The smallest absolute Gasteiger partial charge is 0.312 e. The van der Waals surface area contributed by atoms with Gasteiger partial charge in [-0.3, -0.25) is 9.59 Å². The van der Waals surface area contributed by atoms with E-state index in [0.29, 0.717) is 12.1 Å². The Morgan fingerprint density at radius 2 is 1.71 bits per heavy atom. The Hall–Kier alpha value is -1.06. The van der Waals surface area contributed by atoms with Crippen LogP contribution in [-0.2, 0) is 9.59 Å². The van der Waals surface area contributed by atoms with Gasteiger partial charge in [-0.15, -0.1) is 0 Å². The minimum Gasteiger partial charge on any atom is -0.481 e. The molecule has 2 aliphatic rings. The lowest BCUT2D eigenvalue weighted by atomic mass is 10.0. The van der Waals surface area contributed by atoms with Crippen molar-refractivity contribution in [1.29, 1.82) is 0 Å². The zero-order chi connectivity index (χ0) is 10.1. The summed E-state index contributed by atoms with van der Waals surface area (Å²) in [5, 5.41) is 8.56. The molecule has 2 aliphatic heterocycles. The Balaban J connectivity index is 2.03. The second kappa shape index (κ2) is 3.59. The number of carboxylic acids is 1. The summed E-state index contributed by atoms with van der Waals surface area (Å²) in [4.78, 5) is 23.9. The number of carboxylic acid groups (broad SMARTS) is 1. The van der Waals surface area contributed by atoms with Crippen molar-refractivity contribution in [2.45, 2.75) is 50.6 Å². The van der Waals surface area contributed by atoms with Crippen molar-refractivity contribution in [3.63, 3.8) is 0 Å². The SMILES string of the molecule is O=C(O)CC(=O)N1C2CCCC1CC2. The molecule has 0 aromatic carbocycles. The van der Waals surface area contributed by atoms with Crippen LogP contribution in [-0.4, -0.2) is 34.0 Å². The van der Waals surface area contributed by atoms with Crippen molar-refractivity contribution in [1.82, 2.24) is 4.90 Å². The van der Waals surface area contributed by atoms with E-state index in [9.17, 15) is 9.59 Å². The van der Waals surface area contributed by atoms with Gasteiger partial charge in [0, 0.05) is 12.1 Å². The van der Waals surface area contributed by atoms with E-state index in [-0.39, 0.29) is 12.3 Å². The van der Waals surface area contributed by atoms with Crippen molar-refractivity contribution in [3.8, 4) is 0 Å². The van der Waals surface area contributed by atoms with Gasteiger partial charge in [0.2, 0.25) is 5.91 Å². The van der Waals surface area contributed by atoms with Crippen molar-refractivity contribution in [3.05, 3.63) is 0 Å². The molecule has 2 unspecified atom stereocenters. The van der Waals surface area contributed by atoms with E-state index < -0.39 is 5.97 Å². The van der Waals surface area contributed by atoms with Crippen LogP contribution in [0.3, 0.4) is 0 Å². The molecule has 1 N–H and O–H groups in total. The second-order valence-corrected chi connectivity index (χ2v) is 4.19. The van der Waals surface area contributed by atoms with Crippen molar-refractivity contribution in [2.75, 3.05) is 0 Å². The standard InChI is InChI=1S/C10H15NO3/c12-9(6-10(13)14)11-7-2-1-3-8(11)5-4-7/h7-8H,1-6H2,(H,13,14). The van der Waals surface area contributed by atoms with Gasteiger partial charge in [-0.25, -0.2) is 0 Å². The van der Waals surface area contributed by atoms with E-state index in [2.05, 4.69) is 0 Å². The molecular weight excluding hydrogens is 182 g/mol. The quantitative estimate of drug-likeness (QED) is 0.672. The van der Waals surface area contributed by atoms with Gasteiger partial charge in [-0.2, -0.15) is 0 Å². The second-order valence-electron chi connectivity index (χ2n) is 4.19. The number of rotatable bonds is 2. The van der Waals surface area contributed by atoms with Crippen LogP contribution in [0.2, 0.25) is 0 Å². The third-order valence-electron chi connectivity index (χ3n) is 3.29. The molecule has 0 spiro atoms. The molecule has 2 rings (SSSR count). The first kappa shape index (κ1) is 9.49. The number of piperidine rings is 1. The highest BCUT2D eigenvalue weighted by atomic mass is 16.4. The third kappa shape index (κ3) is 1.61. The average molecular weight is 197 g/mol. The van der Waals surface area contributed by atoms with Crippen molar-refractivity contribution < 1.29 is 14.7 Å².